The average molecular weight is 915 g/mol. The molecule has 0 atom stereocenters. The maximum Gasteiger partial charge on any atom is 0.407 e. The second-order valence-corrected chi connectivity index (χ2v) is 17.5. The molecule has 2 heterocycles. The second-order valence-electron chi connectivity index (χ2n) is 15.8. The molecule has 0 aliphatic heterocycles. The van der Waals surface area contributed by atoms with Crippen LogP contribution in [0.4, 0.5) is 27.8 Å². The number of halogens is 4. The molecule has 324 valence electrons. The first kappa shape index (κ1) is 47.1. The van der Waals surface area contributed by atoms with Gasteiger partial charge in [-0.15, -0.1) is 0 Å². The molecule has 4 aromatic rings. The second kappa shape index (κ2) is 21.7. The molecule has 0 spiro atoms. The van der Waals surface area contributed by atoms with E-state index in [-0.39, 0.29) is 46.9 Å². The number of nitrogens with two attached hydrogens (primary N) is 1. The summed E-state index contributed by atoms with van der Waals surface area (Å²) < 4.78 is 5.30. The van der Waals surface area contributed by atoms with Gasteiger partial charge in [-0.2, -0.15) is 0 Å². The van der Waals surface area contributed by atoms with E-state index in [1.807, 2.05) is 20.8 Å². The quantitative estimate of drug-likeness (QED) is 0.0944. The highest BCUT2D eigenvalue weighted by Crippen LogP contribution is 2.30. The number of amides is 5. The number of carbonyl (C=O) groups is 5. The zero-order valence-electron chi connectivity index (χ0n) is 33.8. The Bertz CT molecular complexity index is 2190. The number of benzene rings is 2. The predicted octanol–water partition coefficient (Wildman–Crippen LogP) is 9.76. The van der Waals surface area contributed by atoms with Gasteiger partial charge < -0.3 is 37.1 Å². The maximum atomic E-state index is 12.9. The maximum absolute atomic E-state index is 12.9. The first-order valence-corrected chi connectivity index (χ1v) is 21.3. The number of carbonyl (C=O) groups excluding carboxylic acids is 5. The molecule has 2 aromatic heterocycles. The van der Waals surface area contributed by atoms with Crippen LogP contribution >= 0.6 is 46.4 Å². The molecule has 2 saturated carbocycles. The fourth-order valence-corrected chi connectivity index (χ4v) is 7.29. The van der Waals surface area contributed by atoms with E-state index in [4.69, 9.17) is 56.9 Å². The van der Waals surface area contributed by atoms with Gasteiger partial charge in [-0.25, -0.2) is 14.8 Å². The van der Waals surface area contributed by atoms with Gasteiger partial charge in [0.05, 0.1) is 32.5 Å². The van der Waals surface area contributed by atoms with Gasteiger partial charge in [-0.05, 0) is 133 Å². The lowest BCUT2D eigenvalue weighted by Gasteiger charge is -2.29. The van der Waals surface area contributed by atoms with E-state index in [2.05, 4.69) is 36.6 Å². The van der Waals surface area contributed by atoms with Crippen molar-refractivity contribution >= 4 is 99.1 Å². The lowest BCUT2D eigenvalue weighted by atomic mass is 9.85. The smallest absolute Gasteiger partial charge is 0.407 e. The van der Waals surface area contributed by atoms with Gasteiger partial charge in [0, 0.05) is 46.4 Å². The minimum absolute atomic E-state index is 0.0392. The molecule has 0 unspecified atom stereocenters. The lowest BCUT2D eigenvalue weighted by molar-refractivity contribution is -0.121. The van der Waals surface area contributed by atoms with Crippen molar-refractivity contribution in [2.24, 2.45) is 17.6 Å². The Labute approximate surface area is 374 Å². The van der Waals surface area contributed by atoms with Crippen LogP contribution in [-0.4, -0.2) is 57.4 Å². The van der Waals surface area contributed by atoms with Crippen molar-refractivity contribution in [2.45, 2.75) is 89.8 Å². The fraction of sp³-hybridized carbons (Fsp3) is 0.372. The van der Waals surface area contributed by atoms with Crippen LogP contribution in [0.25, 0.3) is 0 Å². The van der Waals surface area contributed by atoms with E-state index in [9.17, 15) is 24.0 Å². The number of rotatable bonds is 9. The standard InChI is InChI=1S/C24H28Cl2N4O4.C19H20Cl2N4O2/c1-24(2,3)34-23(33)28-17-8-4-14(5-9-17)21(31)29-19-10-6-15(25)12-18(19)22(32)30-20-11-7-16(26)13-27-20;20-12-3-7-16(24-18(26)11-1-5-14(22)6-2-11)15(9-12)19(27)25-17-8-4-13(21)10-23-17/h6-7,10-14,17H,4-5,8-9H2,1-3H3,(H,28,33)(H,29,31)(H,27,30,32);3-4,7-11,14H,1-2,5-6,22H2,(H,24,26)(H,23,25,27). The molecular weight excluding hydrogens is 866 g/mol. The van der Waals surface area contributed by atoms with Crippen LogP contribution in [-0.2, 0) is 14.3 Å². The summed E-state index contributed by atoms with van der Waals surface area (Å²) in [6.45, 7) is 5.43. The zero-order valence-corrected chi connectivity index (χ0v) is 36.9. The fourth-order valence-electron chi connectivity index (χ4n) is 6.72. The molecule has 2 aliphatic carbocycles. The van der Waals surface area contributed by atoms with Gasteiger partial charge in [0.1, 0.15) is 17.2 Å². The molecule has 61 heavy (non-hydrogen) atoms. The van der Waals surface area contributed by atoms with Crippen molar-refractivity contribution < 1.29 is 28.7 Å². The van der Waals surface area contributed by atoms with Crippen LogP contribution in [0.2, 0.25) is 20.1 Å². The van der Waals surface area contributed by atoms with Crippen molar-refractivity contribution in [2.75, 3.05) is 21.3 Å². The first-order valence-electron chi connectivity index (χ1n) is 19.7. The zero-order chi connectivity index (χ0) is 44.3. The Morgan fingerprint density at radius 3 is 1.39 bits per heavy atom. The average Bonchev–Trinajstić information content (AvgIpc) is 3.21. The molecule has 6 rings (SSSR count). The molecule has 0 saturated heterocycles. The number of nitrogens with zero attached hydrogens (tertiary/aromatic N) is 2. The minimum atomic E-state index is -0.562. The Morgan fingerprint density at radius 2 is 1.00 bits per heavy atom. The van der Waals surface area contributed by atoms with Gasteiger partial charge in [0.2, 0.25) is 11.8 Å². The number of nitrogens with one attached hydrogen (secondary N) is 5. The summed E-state index contributed by atoms with van der Waals surface area (Å²) in [5.74, 6) is -0.841. The van der Waals surface area contributed by atoms with Gasteiger partial charge in [0.25, 0.3) is 11.8 Å². The Morgan fingerprint density at radius 1 is 0.590 bits per heavy atom. The molecule has 5 amide bonds. The van der Waals surface area contributed by atoms with E-state index in [1.165, 1.54) is 24.5 Å². The van der Waals surface area contributed by atoms with Gasteiger partial charge in [0.15, 0.2) is 0 Å². The summed E-state index contributed by atoms with van der Waals surface area (Å²) in [6.07, 6.45) is 8.09. The topological polar surface area (TPSA) is 207 Å². The van der Waals surface area contributed by atoms with Gasteiger partial charge >= 0.3 is 6.09 Å². The van der Waals surface area contributed by atoms with E-state index in [0.717, 1.165) is 25.7 Å². The molecule has 7 N–H and O–H groups in total. The summed E-state index contributed by atoms with van der Waals surface area (Å²) in [4.78, 5) is 71.1. The summed E-state index contributed by atoms with van der Waals surface area (Å²) in [7, 11) is 0. The number of alkyl carbamates (subject to hydrolysis) is 1. The number of hydrogen-bond donors (Lipinski definition) is 6. The molecule has 0 radical (unpaired) electrons. The van der Waals surface area contributed by atoms with Gasteiger partial charge in [-0.1, -0.05) is 46.4 Å². The number of aromatic nitrogens is 2. The summed E-state index contributed by atoms with van der Waals surface area (Å²) in [5.41, 5.74) is 6.59. The van der Waals surface area contributed by atoms with Crippen molar-refractivity contribution in [3.05, 3.63) is 104 Å². The van der Waals surface area contributed by atoms with Crippen molar-refractivity contribution in [3.8, 4) is 0 Å². The van der Waals surface area contributed by atoms with Crippen LogP contribution in [0.15, 0.2) is 73.1 Å². The van der Waals surface area contributed by atoms with Crippen molar-refractivity contribution in [3.63, 3.8) is 0 Å². The van der Waals surface area contributed by atoms with Crippen LogP contribution in [0, 0.1) is 11.8 Å². The third-order valence-corrected chi connectivity index (χ3v) is 10.8. The molecule has 2 aliphatic rings. The largest absolute Gasteiger partial charge is 0.444 e. The monoisotopic (exact) mass is 912 g/mol. The third kappa shape index (κ3) is 14.9. The van der Waals surface area contributed by atoms with Gasteiger partial charge in [-0.3, -0.25) is 19.2 Å². The van der Waals surface area contributed by atoms with E-state index in [1.54, 1.807) is 48.5 Å². The number of pyridine rings is 2. The lowest BCUT2D eigenvalue weighted by Crippen LogP contribution is -2.42. The predicted molar refractivity (Wildman–Crippen MR) is 240 cm³/mol. The van der Waals surface area contributed by atoms with E-state index >= 15 is 0 Å². The highest BCUT2D eigenvalue weighted by molar-refractivity contribution is 6.32. The normalized spacial score (nSPS) is 18.6. The molecule has 2 aromatic carbocycles. The summed E-state index contributed by atoms with van der Waals surface area (Å²) in [5, 5.41) is 15.6. The first-order chi connectivity index (χ1) is 28.9. The van der Waals surface area contributed by atoms with Crippen molar-refractivity contribution in [1.82, 2.24) is 15.3 Å². The van der Waals surface area contributed by atoms with Crippen LogP contribution in [0.1, 0.15) is 92.9 Å². The van der Waals surface area contributed by atoms with Crippen LogP contribution in [0.5, 0.6) is 0 Å². The Hall–Kier alpha value is -4.99. The SMILES string of the molecule is CC(C)(C)OC(=O)NC1CCC(C(=O)Nc2ccc(Cl)cc2C(=O)Nc2ccc(Cl)cn2)CC1.NC1CCC(C(=O)Nc2ccc(Cl)cc2C(=O)Nc2ccc(Cl)cn2)CC1. The van der Waals surface area contributed by atoms with Crippen LogP contribution in [0.3, 0.4) is 0 Å². The van der Waals surface area contributed by atoms with E-state index in [0.29, 0.717) is 68.8 Å². The van der Waals surface area contributed by atoms with Crippen molar-refractivity contribution in [1.29, 1.82) is 0 Å². The highest BCUT2D eigenvalue weighted by Gasteiger charge is 2.30. The number of ether oxygens (including phenoxy) is 1. The molecule has 0 bridgehead atoms. The molecule has 14 nitrogen and oxygen atoms in total. The number of anilines is 4. The number of hydrogen-bond acceptors (Lipinski definition) is 9. The van der Waals surface area contributed by atoms with E-state index < -0.39 is 23.5 Å². The summed E-state index contributed by atoms with van der Waals surface area (Å²) >= 11 is 23.8. The molecule has 2 fully saturated rings. The summed E-state index contributed by atoms with van der Waals surface area (Å²) in [6, 6.07) is 16.0. The molecule has 18 heteroatoms. The minimum Gasteiger partial charge on any atom is -0.444 e. The third-order valence-electron chi connectivity index (χ3n) is 9.87. The highest BCUT2D eigenvalue weighted by atomic mass is 35.5. The Kier molecular flexibility index (Phi) is 16.7. The Balaban J connectivity index is 0.000000237. The van der Waals surface area contributed by atoms with Crippen LogP contribution < -0.4 is 32.3 Å². The molecular formula is C43H48Cl4N8O6.